The summed E-state index contributed by atoms with van der Waals surface area (Å²) in [6.45, 7) is 2.51. The Balaban J connectivity index is 1.98. The van der Waals surface area contributed by atoms with E-state index < -0.39 is 0 Å². The molecule has 0 aliphatic carbocycles. The highest BCUT2D eigenvalue weighted by molar-refractivity contribution is 5.94. The predicted molar refractivity (Wildman–Crippen MR) is 76.8 cm³/mol. The number of rotatable bonds is 4. The van der Waals surface area contributed by atoms with Crippen molar-refractivity contribution in [1.29, 1.82) is 0 Å². The van der Waals surface area contributed by atoms with Gasteiger partial charge in [-0.05, 0) is 35.7 Å². The van der Waals surface area contributed by atoms with Gasteiger partial charge in [-0.25, -0.2) is 0 Å². The van der Waals surface area contributed by atoms with Gasteiger partial charge in [-0.2, -0.15) is 0 Å². The third-order valence-electron chi connectivity index (χ3n) is 3.12. The first-order valence-electron chi connectivity index (χ1n) is 6.48. The van der Waals surface area contributed by atoms with Crippen LogP contribution < -0.4 is 5.32 Å². The molecule has 0 saturated heterocycles. The van der Waals surface area contributed by atoms with Crippen LogP contribution in [-0.4, -0.2) is 16.1 Å². The second-order valence-corrected chi connectivity index (χ2v) is 4.56. The van der Waals surface area contributed by atoms with Gasteiger partial charge in [-0.3, -0.25) is 4.79 Å². The van der Waals surface area contributed by atoms with Gasteiger partial charge in [-0.1, -0.05) is 31.2 Å². The smallest absolute Gasteiger partial charge is 0.251 e. The van der Waals surface area contributed by atoms with Crippen LogP contribution in [0.2, 0.25) is 0 Å². The fourth-order valence-corrected chi connectivity index (χ4v) is 1.84. The molecular weight excluding hydrogens is 254 g/mol. The maximum absolute atomic E-state index is 11.9. The number of hydrogen-bond donors (Lipinski definition) is 3. The minimum atomic E-state index is -0.301. The Morgan fingerprint density at radius 1 is 1.00 bits per heavy atom. The number of carbonyl (C=O) groups excluding carboxylic acids is 1. The molecule has 3 N–H and O–H groups in total. The molecule has 104 valence electrons. The lowest BCUT2D eigenvalue weighted by Gasteiger charge is -2.07. The molecule has 2 rings (SSSR count). The molecule has 1 amide bonds. The minimum absolute atomic E-state index is 0.239. The van der Waals surface area contributed by atoms with Gasteiger partial charge >= 0.3 is 0 Å². The average molecular weight is 271 g/mol. The van der Waals surface area contributed by atoms with E-state index >= 15 is 0 Å². The van der Waals surface area contributed by atoms with E-state index in [-0.39, 0.29) is 17.4 Å². The SMILES string of the molecule is CCc1ccc(CNC(=O)c2ccc(O)c(O)c2)cc1. The average Bonchev–Trinajstić information content (AvgIpc) is 2.48. The Hall–Kier alpha value is -2.49. The summed E-state index contributed by atoms with van der Waals surface area (Å²) in [6, 6.07) is 12.0. The van der Waals surface area contributed by atoms with Gasteiger partial charge in [0.05, 0.1) is 0 Å². The molecule has 2 aromatic rings. The molecule has 0 radical (unpaired) electrons. The van der Waals surface area contributed by atoms with Crippen LogP contribution in [0.4, 0.5) is 0 Å². The number of hydrogen-bond acceptors (Lipinski definition) is 3. The summed E-state index contributed by atoms with van der Waals surface area (Å²) in [5.74, 6) is -0.832. The lowest BCUT2D eigenvalue weighted by atomic mass is 10.1. The van der Waals surface area contributed by atoms with Gasteiger partial charge in [0.1, 0.15) is 0 Å². The number of aryl methyl sites for hydroxylation is 1. The standard InChI is InChI=1S/C16H17NO3/c1-2-11-3-5-12(6-4-11)10-17-16(20)13-7-8-14(18)15(19)9-13/h3-9,18-19H,2,10H2,1H3,(H,17,20). The third kappa shape index (κ3) is 3.29. The first kappa shape index (κ1) is 13.9. The lowest BCUT2D eigenvalue weighted by molar-refractivity contribution is 0.0950. The van der Waals surface area contributed by atoms with Gasteiger partial charge in [0.2, 0.25) is 0 Å². The van der Waals surface area contributed by atoms with Crippen molar-refractivity contribution in [3.63, 3.8) is 0 Å². The fraction of sp³-hybridized carbons (Fsp3) is 0.188. The molecule has 0 saturated carbocycles. The zero-order valence-corrected chi connectivity index (χ0v) is 11.3. The number of phenols is 2. The van der Waals surface area contributed by atoms with E-state index in [0.29, 0.717) is 12.1 Å². The Kier molecular flexibility index (Phi) is 4.25. The first-order chi connectivity index (χ1) is 9.60. The van der Waals surface area contributed by atoms with Crippen LogP contribution in [0.15, 0.2) is 42.5 Å². The Morgan fingerprint density at radius 3 is 2.25 bits per heavy atom. The van der Waals surface area contributed by atoms with Gasteiger partial charge in [-0.15, -0.1) is 0 Å². The lowest BCUT2D eigenvalue weighted by Crippen LogP contribution is -2.22. The number of amides is 1. The van der Waals surface area contributed by atoms with Crippen LogP contribution in [0.5, 0.6) is 11.5 Å². The van der Waals surface area contributed by atoms with Crippen LogP contribution in [0.3, 0.4) is 0 Å². The molecule has 0 aromatic heterocycles. The van der Waals surface area contributed by atoms with Crippen LogP contribution in [0, 0.1) is 0 Å². The zero-order chi connectivity index (χ0) is 14.5. The molecule has 4 heteroatoms. The van der Waals surface area contributed by atoms with Crippen molar-refractivity contribution in [3.8, 4) is 11.5 Å². The summed E-state index contributed by atoms with van der Waals surface area (Å²) in [5.41, 5.74) is 2.58. The summed E-state index contributed by atoms with van der Waals surface area (Å²) in [6.07, 6.45) is 0.986. The number of nitrogens with one attached hydrogen (secondary N) is 1. The molecule has 4 nitrogen and oxygen atoms in total. The summed E-state index contributed by atoms with van der Waals surface area (Å²) in [5, 5.41) is 21.3. The van der Waals surface area contributed by atoms with Gasteiger partial charge in [0.25, 0.3) is 5.91 Å². The number of phenolic OH excluding ortho intramolecular Hbond substituents is 2. The molecule has 0 fully saturated rings. The Morgan fingerprint density at radius 2 is 1.65 bits per heavy atom. The summed E-state index contributed by atoms with van der Waals surface area (Å²) in [4.78, 5) is 11.9. The molecule has 0 bridgehead atoms. The second-order valence-electron chi connectivity index (χ2n) is 4.56. The molecule has 0 heterocycles. The van der Waals surface area contributed by atoms with Gasteiger partial charge in [0.15, 0.2) is 11.5 Å². The van der Waals surface area contributed by atoms with E-state index in [1.807, 2.05) is 24.3 Å². The van der Waals surface area contributed by atoms with Crippen molar-refractivity contribution >= 4 is 5.91 Å². The third-order valence-corrected chi connectivity index (χ3v) is 3.12. The Labute approximate surface area is 117 Å². The topological polar surface area (TPSA) is 69.6 Å². The minimum Gasteiger partial charge on any atom is -0.504 e. The first-order valence-corrected chi connectivity index (χ1v) is 6.48. The molecule has 0 aliphatic rings. The number of carbonyl (C=O) groups is 1. The fourth-order valence-electron chi connectivity index (χ4n) is 1.84. The van der Waals surface area contributed by atoms with E-state index in [1.165, 1.54) is 23.8 Å². The summed E-state index contributed by atoms with van der Waals surface area (Å²) >= 11 is 0. The molecule has 0 aliphatic heterocycles. The van der Waals surface area contributed by atoms with Crippen molar-refractivity contribution in [3.05, 3.63) is 59.2 Å². The van der Waals surface area contributed by atoms with Crippen molar-refractivity contribution in [1.82, 2.24) is 5.32 Å². The normalized spacial score (nSPS) is 10.2. The predicted octanol–water partition coefficient (Wildman–Crippen LogP) is 2.59. The highest BCUT2D eigenvalue weighted by atomic mass is 16.3. The molecule has 20 heavy (non-hydrogen) atoms. The van der Waals surface area contributed by atoms with Gasteiger partial charge in [0, 0.05) is 12.1 Å². The van der Waals surface area contributed by atoms with E-state index in [9.17, 15) is 15.0 Å². The maximum Gasteiger partial charge on any atom is 0.251 e. The highest BCUT2D eigenvalue weighted by Crippen LogP contribution is 2.24. The van der Waals surface area contributed by atoms with E-state index in [0.717, 1.165) is 12.0 Å². The van der Waals surface area contributed by atoms with Crippen LogP contribution in [0.1, 0.15) is 28.4 Å². The van der Waals surface area contributed by atoms with Crippen LogP contribution in [-0.2, 0) is 13.0 Å². The number of benzene rings is 2. The Bertz CT molecular complexity index is 606. The van der Waals surface area contributed by atoms with Crippen LogP contribution >= 0.6 is 0 Å². The highest BCUT2D eigenvalue weighted by Gasteiger charge is 2.08. The molecular formula is C16H17NO3. The summed E-state index contributed by atoms with van der Waals surface area (Å²) in [7, 11) is 0. The quantitative estimate of drug-likeness (QED) is 0.749. The molecule has 0 unspecified atom stereocenters. The van der Waals surface area contributed by atoms with Crippen molar-refractivity contribution in [2.24, 2.45) is 0 Å². The van der Waals surface area contributed by atoms with Crippen molar-refractivity contribution < 1.29 is 15.0 Å². The van der Waals surface area contributed by atoms with E-state index in [2.05, 4.69) is 12.2 Å². The molecule has 0 atom stereocenters. The molecule has 0 spiro atoms. The van der Waals surface area contributed by atoms with Gasteiger partial charge < -0.3 is 15.5 Å². The second kappa shape index (κ2) is 6.10. The van der Waals surface area contributed by atoms with E-state index in [1.54, 1.807) is 0 Å². The largest absolute Gasteiger partial charge is 0.504 e. The van der Waals surface area contributed by atoms with Crippen LogP contribution in [0.25, 0.3) is 0 Å². The number of aromatic hydroxyl groups is 2. The van der Waals surface area contributed by atoms with Crippen molar-refractivity contribution in [2.75, 3.05) is 0 Å². The zero-order valence-electron chi connectivity index (χ0n) is 11.3. The van der Waals surface area contributed by atoms with Crippen molar-refractivity contribution in [2.45, 2.75) is 19.9 Å². The monoisotopic (exact) mass is 271 g/mol. The maximum atomic E-state index is 11.9. The summed E-state index contributed by atoms with van der Waals surface area (Å²) < 4.78 is 0. The molecule has 2 aromatic carbocycles. The van der Waals surface area contributed by atoms with E-state index in [4.69, 9.17) is 0 Å².